The summed E-state index contributed by atoms with van der Waals surface area (Å²) >= 11 is 4.19. The van der Waals surface area contributed by atoms with Gasteiger partial charge >= 0.3 is 14.6 Å². The van der Waals surface area contributed by atoms with Crippen LogP contribution in [0, 0.1) is 11.3 Å². The maximum absolute atomic E-state index is 13.6. The number of aliphatic hydroxyl groups is 1. The lowest BCUT2D eigenvalue weighted by Crippen LogP contribution is -2.39. The number of aromatic nitrogens is 8. The number of nitrogen functional groups attached to an aromatic ring is 2. The second kappa shape index (κ2) is 11.0. The largest absolute Gasteiger partial charge is 0.472 e. The first kappa shape index (κ1) is 31.6. The van der Waals surface area contributed by atoms with Crippen LogP contribution in [0.3, 0.4) is 0 Å². The van der Waals surface area contributed by atoms with Gasteiger partial charge in [0.2, 0.25) is 5.95 Å². The summed E-state index contributed by atoms with van der Waals surface area (Å²) in [5.41, 5.74) is 10.5. The van der Waals surface area contributed by atoms with Crippen molar-refractivity contribution in [1.29, 1.82) is 0 Å². The lowest BCUT2D eigenvalue weighted by molar-refractivity contribution is -0.0626. The molecule has 2 bridgehead atoms. The highest BCUT2D eigenvalue weighted by Gasteiger charge is 2.57. The molecule has 23 heteroatoms. The van der Waals surface area contributed by atoms with E-state index in [1.54, 1.807) is 18.4 Å². The van der Waals surface area contributed by atoms with Gasteiger partial charge in [-0.25, -0.2) is 29.1 Å². The number of ether oxygens (including phenoxy) is 1. The van der Waals surface area contributed by atoms with Crippen LogP contribution in [0.2, 0.25) is 0 Å². The number of hydrogen-bond acceptors (Lipinski definition) is 16. The van der Waals surface area contributed by atoms with Gasteiger partial charge in [0.05, 0.1) is 38.0 Å². The van der Waals surface area contributed by atoms with Gasteiger partial charge in [-0.1, -0.05) is 26.1 Å². The van der Waals surface area contributed by atoms with Crippen LogP contribution < -0.4 is 17.0 Å². The Bertz CT molecular complexity index is 1990. The number of rotatable bonds is 2. The highest BCUT2D eigenvalue weighted by molar-refractivity contribution is 8.44. The normalized spacial score (nSPS) is 38.8. The molecular weight excluding hydrogens is 670 g/mol. The fourth-order valence-corrected chi connectivity index (χ4v) is 9.02. The van der Waals surface area contributed by atoms with Gasteiger partial charge in [-0.05, 0) is 6.42 Å². The van der Waals surface area contributed by atoms with Gasteiger partial charge in [0.1, 0.15) is 30.2 Å². The minimum atomic E-state index is -4.87. The fraction of sp³-hybridized carbons (Fsp3) is 0.565. The summed E-state index contributed by atoms with van der Waals surface area (Å²) in [7, 11) is -4.87. The highest BCUT2D eigenvalue weighted by Crippen LogP contribution is 2.62. The van der Waals surface area contributed by atoms with Crippen molar-refractivity contribution < 1.29 is 42.0 Å². The molecule has 1 unspecified atom stereocenters. The quantitative estimate of drug-likeness (QED) is 0.125. The summed E-state index contributed by atoms with van der Waals surface area (Å²) in [6.45, 7) is -1.79. The van der Waals surface area contributed by atoms with Crippen molar-refractivity contribution in [2.24, 2.45) is 11.3 Å². The molecule has 3 fully saturated rings. The van der Waals surface area contributed by atoms with Gasteiger partial charge in [0.15, 0.2) is 28.9 Å². The van der Waals surface area contributed by atoms with Crippen LogP contribution in [0.5, 0.6) is 0 Å². The molecule has 20 nitrogen and oxygen atoms in total. The molecule has 4 aromatic rings. The number of nitrogens with two attached hydrogens (primary N) is 2. The number of hydrogen-bond donors (Lipinski definition) is 6. The Morgan fingerprint density at radius 2 is 1.83 bits per heavy atom. The standard InChI is InChI=1S/C23H30N10O10P2S/c1-9-11-4-39-45(38,46)43-16-14(34)10(32-7-28-12-17(24)26-6-27-18(12)32)3-23(16,2)5-40-44(36,37)42-15(9)21(41-11)33-8-29-13-19(33)30-22(25)31-20(13)35/h6-11,14-16,21,34H,3-5H2,1-2H3,(H,36,37)(H,38,46)(H2,24,26,27)(H3,25,30,31,35)/t9-,10-,11-,14+,15-,16+,21-,23-,45+/m1/s1. The van der Waals surface area contributed by atoms with E-state index in [2.05, 4.69) is 42.2 Å². The fourth-order valence-electron chi connectivity index (χ4n) is 6.33. The van der Waals surface area contributed by atoms with Crippen molar-refractivity contribution in [3.05, 3.63) is 29.3 Å². The maximum atomic E-state index is 13.6. The van der Waals surface area contributed by atoms with Gasteiger partial charge < -0.3 is 30.8 Å². The van der Waals surface area contributed by atoms with Crippen LogP contribution in [0.25, 0.3) is 22.3 Å². The van der Waals surface area contributed by atoms with Crippen molar-refractivity contribution in [2.75, 3.05) is 24.7 Å². The van der Waals surface area contributed by atoms with Crippen LogP contribution in [-0.2, 0) is 32.0 Å². The van der Waals surface area contributed by atoms with E-state index >= 15 is 0 Å². The van der Waals surface area contributed by atoms with Crippen molar-refractivity contribution in [1.82, 2.24) is 39.0 Å². The van der Waals surface area contributed by atoms with Crippen LogP contribution in [0.15, 0.2) is 23.8 Å². The zero-order chi connectivity index (χ0) is 32.8. The predicted octanol–water partition coefficient (Wildman–Crippen LogP) is 0.925. The molecule has 248 valence electrons. The average molecular weight is 701 g/mol. The topological polar surface area (TPSA) is 280 Å². The Kier molecular flexibility index (Phi) is 7.59. The number of nitrogens with zero attached hydrogens (tertiary/aromatic N) is 7. The Morgan fingerprint density at radius 3 is 2.61 bits per heavy atom. The van der Waals surface area contributed by atoms with E-state index in [-0.39, 0.29) is 36.0 Å². The first-order valence-electron chi connectivity index (χ1n) is 14.0. The van der Waals surface area contributed by atoms with Crippen molar-refractivity contribution in [2.45, 2.75) is 57.0 Å². The lowest BCUT2D eigenvalue weighted by atomic mass is 9.87. The van der Waals surface area contributed by atoms with E-state index in [0.29, 0.717) is 11.2 Å². The second-order valence-corrected chi connectivity index (χ2v) is 16.1. The first-order chi connectivity index (χ1) is 21.7. The number of thiol groups is 1. The summed E-state index contributed by atoms with van der Waals surface area (Å²) in [6.07, 6.45) is -1.86. The van der Waals surface area contributed by atoms with E-state index < -0.39 is 74.8 Å². The van der Waals surface area contributed by atoms with Crippen LogP contribution in [0.1, 0.15) is 32.5 Å². The molecule has 0 amide bonds. The van der Waals surface area contributed by atoms with Crippen molar-refractivity contribution in [3.63, 3.8) is 0 Å². The number of H-pyrrole nitrogens is 1. The zero-order valence-corrected chi connectivity index (χ0v) is 26.9. The summed E-state index contributed by atoms with van der Waals surface area (Å²) in [5, 5.41) is 11.5. The van der Waals surface area contributed by atoms with Crippen LogP contribution >= 0.6 is 26.9 Å². The summed E-state index contributed by atoms with van der Waals surface area (Å²) in [5.74, 6) is -0.724. The highest BCUT2D eigenvalue weighted by atomic mass is 32.7. The number of imidazole rings is 2. The number of phosphoric ester groups is 1. The molecule has 7 N–H and O–H groups in total. The van der Waals surface area contributed by atoms with E-state index in [1.165, 1.54) is 23.5 Å². The zero-order valence-electron chi connectivity index (χ0n) is 24.2. The molecule has 46 heavy (non-hydrogen) atoms. The molecule has 2 saturated heterocycles. The Morgan fingerprint density at radius 1 is 1.09 bits per heavy atom. The molecule has 4 aromatic heterocycles. The third-order valence-corrected chi connectivity index (χ3v) is 11.3. The van der Waals surface area contributed by atoms with Crippen LogP contribution in [0.4, 0.5) is 11.8 Å². The molecule has 1 aliphatic carbocycles. The predicted molar refractivity (Wildman–Crippen MR) is 161 cm³/mol. The van der Waals surface area contributed by atoms with Crippen molar-refractivity contribution in [3.8, 4) is 0 Å². The van der Waals surface area contributed by atoms with Gasteiger partial charge in [-0.15, -0.1) is 0 Å². The minimum Gasteiger partial charge on any atom is -0.388 e. The third-order valence-electron chi connectivity index (χ3n) is 8.70. The number of phosphoric acid groups is 1. The molecule has 1 saturated carbocycles. The van der Waals surface area contributed by atoms with Gasteiger partial charge in [-0.3, -0.25) is 32.4 Å². The molecule has 10 atom stereocenters. The Hall–Kier alpha value is -2.97. The van der Waals surface area contributed by atoms with Gasteiger partial charge in [0.25, 0.3) is 5.56 Å². The van der Waals surface area contributed by atoms with Crippen molar-refractivity contribution >= 4 is 61.0 Å². The molecule has 0 spiro atoms. The van der Waals surface area contributed by atoms with E-state index in [0.717, 1.165) is 0 Å². The molecule has 2 aliphatic heterocycles. The number of aromatic amines is 1. The Balaban J connectivity index is 1.23. The molecule has 0 aromatic carbocycles. The smallest absolute Gasteiger partial charge is 0.388 e. The van der Waals surface area contributed by atoms with Gasteiger partial charge in [0, 0.05) is 11.3 Å². The molecule has 7 rings (SSSR count). The van der Waals surface area contributed by atoms with E-state index in [1.807, 2.05) is 0 Å². The molecular formula is C23H30N10O10P2S. The minimum absolute atomic E-state index is 0.0343. The molecule has 3 aliphatic rings. The lowest BCUT2D eigenvalue weighted by Gasteiger charge is -2.33. The van der Waals surface area contributed by atoms with Gasteiger partial charge in [-0.2, -0.15) is 4.98 Å². The number of aliphatic hydroxyl groups excluding tert-OH is 1. The second-order valence-electron chi connectivity index (χ2n) is 11.8. The molecule has 6 heterocycles. The summed E-state index contributed by atoms with van der Waals surface area (Å²) in [6, 6.07) is -0.778. The molecule has 0 radical (unpaired) electrons. The summed E-state index contributed by atoms with van der Waals surface area (Å²) in [4.78, 5) is 46.4. The Labute approximate surface area is 264 Å². The van der Waals surface area contributed by atoms with E-state index in [9.17, 15) is 23.9 Å². The summed E-state index contributed by atoms with van der Waals surface area (Å²) < 4.78 is 59.0. The monoisotopic (exact) mass is 700 g/mol. The SMILES string of the molecule is C[C@H]1[C@H]2OP(=O)(O)OC[C@@]3(C)C[C@@H](n4cnc5c(N)ncnc54)[C@H](O)[C@@H]3O[P@@](=O)(S)OC[C@H]1O[C@H]2n1cnc2c(=O)[nH]c(N)nc21. The number of fused-ring (bicyclic) bond motifs is 5. The maximum Gasteiger partial charge on any atom is 0.472 e. The van der Waals surface area contributed by atoms with Crippen LogP contribution in [-0.4, -0.2) is 86.7 Å². The average Bonchev–Trinajstić information content (AvgIpc) is 3.73. The first-order valence-corrected chi connectivity index (χ1v) is 18.2. The number of nitrogens with one attached hydrogen (secondary N) is 1. The van der Waals surface area contributed by atoms with E-state index in [4.69, 9.17) is 34.3 Å². The third kappa shape index (κ3) is 5.33. The number of anilines is 2.